The monoisotopic (exact) mass is 463 g/mol. The summed E-state index contributed by atoms with van der Waals surface area (Å²) in [5.41, 5.74) is 8.06. The number of anilines is 1. The highest BCUT2D eigenvalue weighted by Gasteiger charge is 2.15. The number of fused-ring (bicyclic) bond motifs is 2. The zero-order chi connectivity index (χ0) is 23.8. The fourth-order valence-electron chi connectivity index (χ4n) is 5.19. The third kappa shape index (κ3) is 4.40. The molecule has 176 valence electrons. The highest BCUT2D eigenvalue weighted by atomic mass is 16.5. The zero-order valence-electron chi connectivity index (χ0n) is 20.0. The molecule has 0 radical (unpaired) electrons. The van der Waals surface area contributed by atoms with Crippen LogP contribution in [0.5, 0.6) is 5.75 Å². The topological polar surface area (TPSA) is 54.5 Å². The van der Waals surface area contributed by atoms with Gasteiger partial charge in [-0.1, -0.05) is 24.3 Å². The van der Waals surface area contributed by atoms with Crippen molar-refractivity contribution in [1.82, 2.24) is 9.88 Å². The number of aromatic nitrogens is 1. The first-order valence-corrected chi connectivity index (χ1v) is 12.4. The number of ether oxygens (including phenoxy) is 1. The van der Waals surface area contributed by atoms with E-state index in [4.69, 9.17) is 9.72 Å². The molecule has 0 unspecified atom stereocenters. The molecule has 3 heterocycles. The first kappa shape index (κ1) is 21.8. The summed E-state index contributed by atoms with van der Waals surface area (Å²) >= 11 is 0. The van der Waals surface area contributed by atoms with Crippen molar-refractivity contribution in [1.29, 1.82) is 0 Å². The van der Waals surface area contributed by atoms with E-state index in [1.54, 1.807) is 0 Å². The van der Waals surface area contributed by atoms with E-state index in [1.807, 2.05) is 49.5 Å². The van der Waals surface area contributed by atoms with E-state index in [0.717, 1.165) is 58.6 Å². The molecule has 4 aromatic rings. The van der Waals surface area contributed by atoms with Gasteiger partial charge in [0.05, 0.1) is 12.1 Å². The van der Waals surface area contributed by atoms with Gasteiger partial charge in [0.1, 0.15) is 5.75 Å². The second kappa shape index (κ2) is 9.16. The maximum absolute atomic E-state index is 13.0. The Kier molecular flexibility index (Phi) is 5.71. The van der Waals surface area contributed by atoms with Crippen molar-refractivity contribution >= 4 is 22.5 Å². The number of likely N-dealkylation sites (tertiary alicyclic amines) is 1. The summed E-state index contributed by atoms with van der Waals surface area (Å²) in [6.07, 6.45) is 5.50. The van der Waals surface area contributed by atoms with E-state index >= 15 is 0 Å². The van der Waals surface area contributed by atoms with Crippen LogP contribution in [0.15, 0.2) is 66.9 Å². The van der Waals surface area contributed by atoms with Crippen LogP contribution < -0.4 is 10.1 Å². The normalized spacial score (nSPS) is 15.2. The molecule has 2 aliphatic rings. The second-order valence-electron chi connectivity index (χ2n) is 9.59. The molecular weight excluding hydrogens is 434 g/mol. The number of carbonyl (C=O) groups is 1. The molecule has 0 bridgehead atoms. The van der Waals surface area contributed by atoms with Crippen LogP contribution in [0.4, 0.5) is 5.69 Å². The molecule has 3 aromatic carbocycles. The molecule has 0 aliphatic carbocycles. The Labute approximate surface area is 205 Å². The average molecular weight is 464 g/mol. The third-order valence-electron chi connectivity index (χ3n) is 7.19. The van der Waals surface area contributed by atoms with Crippen molar-refractivity contribution in [3.8, 4) is 16.9 Å². The molecule has 0 spiro atoms. The van der Waals surface area contributed by atoms with Crippen LogP contribution in [-0.4, -0.2) is 35.5 Å². The van der Waals surface area contributed by atoms with Crippen molar-refractivity contribution in [3.63, 3.8) is 0 Å². The number of benzene rings is 3. The Bertz CT molecular complexity index is 1410. The van der Waals surface area contributed by atoms with E-state index < -0.39 is 0 Å². The Morgan fingerprint density at radius 1 is 1.00 bits per heavy atom. The van der Waals surface area contributed by atoms with Gasteiger partial charge in [-0.25, -0.2) is 0 Å². The van der Waals surface area contributed by atoms with Gasteiger partial charge in [-0.2, -0.15) is 0 Å². The number of hydrogen-bond donors (Lipinski definition) is 1. The lowest BCUT2D eigenvalue weighted by atomic mass is 10.0. The van der Waals surface area contributed by atoms with Crippen molar-refractivity contribution in [2.45, 2.75) is 32.7 Å². The molecule has 5 nitrogen and oxygen atoms in total. The minimum Gasteiger partial charge on any atom is -0.493 e. The number of nitrogens with one attached hydrogen (secondary N) is 1. The lowest BCUT2D eigenvalue weighted by Crippen LogP contribution is -2.18. The number of carbonyl (C=O) groups excluding carboxylic acids is 1. The van der Waals surface area contributed by atoms with Crippen LogP contribution >= 0.6 is 0 Å². The Balaban J connectivity index is 1.18. The van der Waals surface area contributed by atoms with E-state index in [1.165, 1.54) is 37.1 Å². The third-order valence-corrected chi connectivity index (χ3v) is 7.19. The molecule has 1 N–H and O–H groups in total. The minimum absolute atomic E-state index is 0.119. The smallest absolute Gasteiger partial charge is 0.255 e. The van der Waals surface area contributed by atoms with Gasteiger partial charge in [0, 0.05) is 35.8 Å². The van der Waals surface area contributed by atoms with Crippen LogP contribution in [0.1, 0.15) is 39.9 Å². The fraction of sp³-hybridized carbons (Fsp3) is 0.267. The Morgan fingerprint density at radius 3 is 2.63 bits per heavy atom. The number of amides is 1. The number of pyridine rings is 1. The molecule has 35 heavy (non-hydrogen) atoms. The van der Waals surface area contributed by atoms with Gasteiger partial charge < -0.3 is 10.1 Å². The van der Waals surface area contributed by atoms with Crippen molar-refractivity contribution in [2.24, 2.45) is 0 Å². The summed E-state index contributed by atoms with van der Waals surface area (Å²) in [6, 6.07) is 20.3. The summed E-state index contributed by atoms with van der Waals surface area (Å²) in [4.78, 5) is 20.2. The SMILES string of the molecule is Cc1c(NC(=O)c2ccc(-c3ccc4c(c3)CCO4)cc2)ccc2cc(CN3CCCC3)cnc12. The van der Waals surface area contributed by atoms with Gasteiger partial charge in [-0.15, -0.1) is 0 Å². The van der Waals surface area contributed by atoms with E-state index in [9.17, 15) is 4.79 Å². The Hall–Kier alpha value is -3.70. The molecule has 1 fully saturated rings. The van der Waals surface area contributed by atoms with Crippen molar-refractivity contribution in [3.05, 3.63) is 89.1 Å². The van der Waals surface area contributed by atoms with Crippen LogP contribution in [0.2, 0.25) is 0 Å². The summed E-state index contributed by atoms with van der Waals surface area (Å²) < 4.78 is 5.61. The Morgan fingerprint density at radius 2 is 1.80 bits per heavy atom. The first-order valence-electron chi connectivity index (χ1n) is 12.4. The van der Waals surface area contributed by atoms with Gasteiger partial charge >= 0.3 is 0 Å². The fourth-order valence-corrected chi connectivity index (χ4v) is 5.19. The molecule has 6 rings (SSSR count). The molecule has 0 saturated carbocycles. The van der Waals surface area contributed by atoms with Gasteiger partial charge in [-0.3, -0.25) is 14.7 Å². The quantitative estimate of drug-likeness (QED) is 0.395. The van der Waals surface area contributed by atoms with Gasteiger partial charge in [0.15, 0.2) is 0 Å². The molecule has 1 saturated heterocycles. The largest absolute Gasteiger partial charge is 0.493 e. The first-order chi connectivity index (χ1) is 17.1. The van der Waals surface area contributed by atoms with Crippen LogP contribution in [0.25, 0.3) is 22.0 Å². The molecular formula is C30H29N3O2. The van der Waals surface area contributed by atoms with E-state index in [2.05, 4.69) is 34.5 Å². The summed E-state index contributed by atoms with van der Waals surface area (Å²) in [5, 5.41) is 4.19. The maximum Gasteiger partial charge on any atom is 0.255 e. The summed E-state index contributed by atoms with van der Waals surface area (Å²) in [7, 11) is 0. The van der Waals surface area contributed by atoms with Gasteiger partial charge in [0.25, 0.3) is 5.91 Å². The standard InChI is InChI=1S/C30H29N3O2/c1-20-27(10-8-26-16-21(18-31-29(20)26)19-33-13-2-3-14-33)32-30(34)23-6-4-22(5-7-23)24-9-11-28-25(17-24)12-15-35-28/h4-11,16-18H,2-3,12-15,19H2,1H3,(H,32,34). The number of aryl methyl sites for hydroxylation is 1. The minimum atomic E-state index is -0.119. The van der Waals surface area contributed by atoms with Crippen LogP contribution in [-0.2, 0) is 13.0 Å². The predicted molar refractivity (Wildman–Crippen MR) is 140 cm³/mol. The van der Waals surface area contributed by atoms with E-state index in [-0.39, 0.29) is 5.91 Å². The van der Waals surface area contributed by atoms with Crippen LogP contribution in [0, 0.1) is 6.92 Å². The van der Waals surface area contributed by atoms with Gasteiger partial charge in [0.2, 0.25) is 0 Å². The van der Waals surface area contributed by atoms with Crippen molar-refractivity contribution in [2.75, 3.05) is 25.0 Å². The molecule has 1 amide bonds. The highest BCUT2D eigenvalue weighted by Crippen LogP contribution is 2.31. The lowest BCUT2D eigenvalue weighted by Gasteiger charge is -2.15. The molecule has 2 aliphatic heterocycles. The average Bonchev–Trinajstić information content (AvgIpc) is 3.57. The number of rotatable bonds is 5. The highest BCUT2D eigenvalue weighted by molar-refractivity contribution is 6.06. The second-order valence-corrected chi connectivity index (χ2v) is 9.59. The maximum atomic E-state index is 13.0. The molecule has 1 aromatic heterocycles. The summed E-state index contributed by atoms with van der Waals surface area (Å²) in [5.74, 6) is 0.861. The number of hydrogen-bond acceptors (Lipinski definition) is 4. The lowest BCUT2D eigenvalue weighted by molar-refractivity contribution is 0.102. The van der Waals surface area contributed by atoms with E-state index in [0.29, 0.717) is 5.56 Å². The molecule has 5 heteroatoms. The summed E-state index contributed by atoms with van der Waals surface area (Å²) in [6.45, 7) is 6.07. The predicted octanol–water partition coefficient (Wildman–Crippen LogP) is 5.99. The zero-order valence-corrected chi connectivity index (χ0v) is 20.0. The molecule has 0 atom stereocenters. The number of nitrogens with zero attached hydrogens (tertiary/aromatic N) is 2. The van der Waals surface area contributed by atoms with Crippen molar-refractivity contribution < 1.29 is 9.53 Å². The van der Waals surface area contributed by atoms with Gasteiger partial charge in [-0.05, 0) is 97.1 Å². The van der Waals surface area contributed by atoms with Crippen LogP contribution in [0.3, 0.4) is 0 Å².